The van der Waals surface area contributed by atoms with Gasteiger partial charge in [-0.05, 0) is 36.1 Å². The normalized spacial score (nSPS) is 11.0. The Morgan fingerprint density at radius 1 is 1.07 bits per heavy atom. The lowest BCUT2D eigenvalue weighted by Crippen LogP contribution is -2.37. The largest absolute Gasteiger partial charge is 0.336 e. The summed E-state index contributed by atoms with van der Waals surface area (Å²) in [4.78, 5) is 44.1. The third-order valence-corrected chi connectivity index (χ3v) is 5.19. The number of carbonyl (C=O) groups is 1. The maximum Gasteiger partial charge on any atom is 0.332 e. The van der Waals surface area contributed by atoms with Gasteiger partial charge in [-0.15, -0.1) is 11.8 Å². The van der Waals surface area contributed by atoms with Crippen molar-refractivity contribution in [1.82, 2.24) is 19.0 Å². The second-order valence-corrected chi connectivity index (χ2v) is 7.16. The van der Waals surface area contributed by atoms with E-state index in [2.05, 4.69) is 4.98 Å². The van der Waals surface area contributed by atoms with Gasteiger partial charge in [-0.1, -0.05) is 12.1 Å². The first-order chi connectivity index (χ1) is 12.8. The van der Waals surface area contributed by atoms with E-state index in [9.17, 15) is 14.4 Å². The van der Waals surface area contributed by atoms with Crippen molar-refractivity contribution >= 4 is 28.7 Å². The number of rotatable bonds is 4. The number of aromatic nitrogens is 3. The van der Waals surface area contributed by atoms with E-state index in [-0.39, 0.29) is 17.2 Å². The van der Waals surface area contributed by atoms with Gasteiger partial charge in [0.2, 0.25) is 0 Å². The molecule has 0 fully saturated rings. The quantitative estimate of drug-likeness (QED) is 0.639. The smallest absolute Gasteiger partial charge is 0.332 e. The van der Waals surface area contributed by atoms with Gasteiger partial charge in [0.1, 0.15) is 11.3 Å². The van der Waals surface area contributed by atoms with Gasteiger partial charge in [0, 0.05) is 32.6 Å². The molecule has 0 bridgehead atoms. The van der Waals surface area contributed by atoms with E-state index in [1.807, 2.05) is 30.5 Å². The Balaban J connectivity index is 1.93. The lowest BCUT2D eigenvalue weighted by atomic mass is 10.2. The molecule has 1 amide bonds. The molecule has 3 rings (SSSR count). The number of fused-ring (bicyclic) bond motifs is 1. The number of benzene rings is 1. The highest BCUT2D eigenvalue weighted by Gasteiger charge is 2.17. The van der Waals surface area contributed by atoms with Crippen LogP contribution >= 0.6 is 11.8 Å². The molecule has 140 valence electrons. The highest BCUT2D eigenvalue weighted by molar-refractivity contribution is 7.98. The highest BCUT2D eigenvalue weighted by Crippen LogP contribution is 2.16. The zero-order chi connectivity index (χ0) is 19.7. The van der Waals surface area contributed by atoms with Crippen LogP contribution in [-0.4, -0.2) is 38.2 Å². The van der Waals surface area contributed by atoms with Gasteiger partial charge in [-0.25, -0.2) is 9.78 Å². The third kappa shape index (κ3) is 3.52. The molecule has 0 aliphatic heterocycles. The van der Waals surface area contributed by atoms with E-state index < -0.39 is 11.2 Å². The zero-order valence-electron chi connectivity index (χ0n) is 15.6. The first-order valence-corrected chi connectivity index (χ1v) is 9.51. The monoisotopic (exact) mass is 384 g/mol. The van der Waals surface area contributed by atoms with Crippen LogP contribution < -0.4 is 11.2 Å². The molecule has 0 atom stereocenters. The predicted octanol–water partition coefficient (Wildman–Crippen LogP) is 1.63. The molecule has 27 heavy (non-hydrogen) atoms. The molecule has 0 N–H and O–H groups in total. The summed E-state index contributed by atoms with van der Waals surface area (Å²) in [5, 5.41) is 0.298. The Labute approximate surface area is 160 Å². The topological polar surface area (TPSA) is 77.2 Å². The number of hydrogen-bond acceptors (Lipinski definition) is 5. The van der Waals surface area contributed by atoms with Gasteiger partial charge in [0.15, 0.2) is 0 Å². The van der Waals surface area contributed by atoms with Crippen LogP contribution in [0.3, 0.4) is 0 Å². The Morgan fingerprint density at radius 3 is 2.37 bits per heavy atom. The molecular weight excluding hydrogens is 364 g/mol. The van der Waals surface area contributed by atoms with E-state index in [0.717, 1.165) is 15.0 Å². The molecule has 0 saturated carbocycles. The van der Waals surface area contributed by atoms with Gasteiger partial charge in [-0.3, -0.25) is 18.7 Å². The summed E-state index contributed by atoms with van der Waals surface area (Å²) in [6.07, 6.45) is 2.01. The molecule has 0 unspecified atom stereocenters. The first-order valence-electron chi connectivity index (χ1n) is 8.28. The van der Waals surface area contributed by atoms with E-state index in [0.29, 0.717) is 11.9 Å². The minimum absolute atomic E-state index is 0.189. The molecule has 0 radical (unpaired) electrons. The number of nitrogens with zero attached hydrogens (tertiary/aromatic N) is 4. The fraction of sp³-hybridized carbons (Fsp3) is 0.263. The SMILES string of the molecule is CSc1ccc(CN(C)C(=O)c2ccc3c(=O)n(C)c(=O)n(C)c3n2)cc1. The molecule has 2 heterocycles. The van der Waals surface area contributed by atoms with Crippen LogP contribution in [0.25, 0.3) is 11.0 Å². The van der Waals surface area contributed by atoms with Crippen LogP contribution in [0.1, 0.15) is 16.1 Å². The molecule has 3 aromatic rings. The molecule has 0 aliphatic rings. The minimum atomic E-state index is -0.480. The average molecular weight is 384 g/mol. The van der Waals surface area contributed by atoms with Crippen LogP contribution in [0.15, 0.2) is 50.9 Å². The fourth-order valence-electron chi connectivity index (χ4n) is 2.85. The van der Waals surface area contributed by atoms with Gasteiger partial charge in [0.25, 0.3) is 11.5 Å². The van der Waals surface area contributed by atoms with E-state index >= 15 is 0 Å². The second kappa shape index (κ2) is 7.40. The fourth-order valence-corrected chi connectivity index (χ4v) is 3.25. The number of thioether (sulfide) groups is 1. The molecular formula is C19H20N4O3S. The number of hydrogen-bond donors (Lipinski definition) is 0. The molecule has 0 saturated heterocycles. The minimum Gasteiger partial charge on any atom is -0.336 e. The van der Waals surface area contributed by atoms with Gasteiger partial charge in [0.05, 0.1) is 5.39 Å². The van der Waals surface area contributed by atoms with E-state index in [1.165, 1.54) is 24.7 Å². The zero-order valence-corrected chi connectivity index (χ0v) is 16.4. The Hall–Kier alpha value is -2.87. The second-order valence-electron chi connectivity index (χ2n) is 6.28. The molecule has 2 aromatic heterocycles. The highest BCUT2D eigenvalue weighted by atomic mass is 32.2. The molecule has 1 aromatic carbocycles. The van der Waals surface area contributed by atoms with Crippen molar-refractivity contribution in [3.05, 3.63) is 68.5 Å². The number of carbonyl (C=O) groups excluding carboxylic acids is 1. The Kier molecular flexibility index (Phi) is 5.18. The number of amides is 1. The molecule has 0 spiro atoms. The number of aryl methyl sites for hydroxylation is 1. The van der Waals surface area contributed by atoms with Crippen molar-refractivity contribution < 1.29 is 4.79 Å². The summed E-state index contributed by atoms with van der Waals surface area (Å²) >= 11 is 1.66. The molecule has 8 heteroatoms. The maximum atomic E-state index is 12.8. The van der Waals surface area contributed by atoms with Crippen molar-refractivity contribution in [2.75, 3.05) is 13.3 Å². The van der Waals surface area contributed by atoms with Gasteiger partial charge in [-0.2, -0.15) is 0 Å². The summed E-state index contributed by atoms with van der Waals surface area (Å²) in [5.74, 6) is -0.279. The standard InChI is InChI=1S/C19H20N4O3S/c1-21(11-12-5-7-13(27-4)8-6-12)18(25)15-10-9-14-16(20-15)22(2)19(26)23(3)17(14)24/h5-10H,11H2,1-4H3. The lowest BCUT2D eigenvalue weighted by Gasteiger charge is -2.17. The van der Waals surface area contributed by atoms with Crippen molar-refractivity contribution in [3.8, 4) is 0 Å². The summed E-state index contributed by atoms with van der Waals surface area (Å²) in [7, 11) is 4.64. The van der Waals surface area contributed by atoms with Crippen LogP contribution in [0.2, 0.25) is 0 Å². The van der Waals surface area contributed by atoms with Crippen molar-refractivity contribution in [3.63, 3.8) is 0 Å². The summed E-state index contributed by atoms with van der Waals surface area (Å²) in [6.45, 7) is 0.433. The average Bonchev–Trinajstić information content (AvgIpc) is 2.70. The van der Waals surface area contributed by atoms with E-state index in [4.69, 9.17) is 0 Å². The van der Waals surface area contributed by atoms with Crippen LogP contribution in [0.5, 0.6) is 0 Å². The van der Waals surface area contributed by atoms with Crippen molar-refractivity contribution in [1.29, 1.82) is 0 Å². The van der Waals surface area contributed by atoms with Crippen molar-refractivity contribution in [2.45, 2.75) is 11.4 Å². The van der Waals surface area contributed by atoms with Crippen LogP contribution in [-0.2, 0) is 20.6 Å². The van der Waals surface area contributed by atoms with E-state index in [1.54, 1.807) is 29.8 Å². The van der Waals surface area contributed by atoms with Crippen LogP contribution in [0.4, 0.5) is 0 Å². The first kappa shape index (κ1) is 18.9. The Morgan fingerprint density at radius 2 is 1.74 bits per heavy atom. The summed E-state index contributed by atoms with van der Waals surface area (Å²) in [5.41, 5.74) is 0.486. The third-order valence-electron chi connectivity index (χ3n) is 4.45. The number of pyridine rings is 1. The Bertz CT molecular complexity index is 1130. The summed E-state index contributed by atoms with van der Waals surface area (Å²) in [6, 6.07) is 11.0. The van der Waals surface area contributed by atoms with Crippen LogP contribution in [0, 0.1) is 0 Å². The lowest BCUT2D eigenvalue weighted by molar-refractivity contribution is 0.0779. The van der Waals surface area contributed by atoms with Crippen molar-refractivity contribution in [2.24, 2.45) is 14.1 Å². The van der Waals surface area contributed by atoms with Gasteiger partial charge < -0.3 is 4.90 Å². The molecule has 7 nitrogen and oxygen atoms in total. The van der Waals surface area contributed by atoms with Gasteiger partial charge >= 0.3 is 5.69 Å². The maximum absolute atomic E-state index is 12.8. The predicted molar refractivity (Wildman–Crippen MR) is 106 cm³/mol. The summed E-state index contributed by atoms with van der Waals surface area (Å²) < 4.78 is 2.30. The molecule has 0 aliphatic carbocycles.